The average molecular weight is 457 g/mol. The van der Waals surface area contributed by atoms with Gasteiger partial charge < -0.3 is 9.84 Å². The van der Waals surface area contributed by atoms with Crippen LogP contribution in [0.2, 0.25) is 0 Å². The number of carboxylic acids is 1. The van der Waals surface area contributed by atoms with Gasteiger partial charge in [-0.15, -0.1) is 0 Å². The monoisotopic (exact) mass is 456 g/mol. The van der Waals surface area contributed by atoms with E-state index < -0.39 is 11.4 Å². The fraction of sp³-hybridized carbons (Fsp3) is 0.931. The Hall–Kier alpha value is -1.06. The van der Waals surface area contributed by atoms with Crippen LogP contribution in [-0.4, -0.2) is 23.1 Å². The van der Waals surface area contributed by atoms with Gasteiger partial charge in [-0.3, -0.25) is 9.59 Å². The Morgan fingerprint density at radius 3 is 2.21 bits per heavy atom. The summed E-state index contributed by atoms with van der Waals surface area (Å²) in [6.07, 6.45) is 14.6. The number of esters is 1. The predicted octanol–water partition coefficient (Wildman–Crippen LogP) is 6.47. The molecule has 4 heteroatoms. The number of fused-ring (bicyclic) bond motifs is 7. The van der Waals surface area contributed by atoms with Crippen LogP contribution in [-0.2, 0) is 14.3 Å². The average Bonchev–Trinajstić information content (AvgIpc) is 3.53. The molecular weight excluding hydrogens is 412 g/mol. The Bertz CT molecular complexity index is 833. The zero-order valence-electron chi connectivity index (χ0n) is 21.0. The van der Waals surface area contributed by atoms with E-state index in [0.717, 1.165) is 57.3 Å². The topological polar surface area (TPSA) is 63.6 Å². The van der Waals surface area contributed by atoms with Gasteiger partial charge in [0.25, 0.3) is 0 Å². The molecule has 0 bridgehead atoms. The van der Waals surface area contributed by atoms with Crippen LogP contribution in [0.15, 0.2) is 0 Å². The Morgan fingerprint density at radius 2 is 1.48 bits per heavy atom. The number of aliphatic carboxylic acids is 1. The molecule has 0 saturated heterocycles. The van der Waals surface area contributed by atoms with Gasteiger partial charge in [0.1, 0.15) is 6.10 Å². The number of carbonyl (C=O) groups excluding carboxylic acids is 1. The number of hydrogen-bond donors (Lipinski definition) is 1. The van der Waals surface area contributed by atoms with Gasteiger partial charge in [-0.25, -0.2) is 0 Å². The first-order valence-electron chi connectivity index (χ1n) is 14.1. The van der Waals surface area contributed by atoms with Gasteiger partial charge >= 0.3 is 11.9 Å². The normalized spacial score (nSPS) is 53.2. The fourth-order valence-corrected chi connectivity index (χ4v) is 10.9. The highest BCUT2D eigenvalue weighted by Gasteiger charge is 2.66. The molecule has 6 fully saturated rings. The first-order valence-corrected chi connectivity index (χ1v) is 14.1. The Balaban J connectivity index is 1.24. The first-order chi connectivity index (χ1) is 15.7. The number of ether oxygens (including phenoxy) is 1. The van der Waals surface area contributed by atoms with Crippen LogP contribution < -0.4 is 0 Å². The molecule has 10 atom stereocenters. The zero-order valence-corrected chi connectivity index (χ0v) is 21.0. The highest BCUT2D eigenvalue weighted by Crippen LogP contribution is 2.71. The molecule has 0 amide bonds. The fourth-order valence-electron chi connectivity index (χ4n) is 10.9. The molecular formula is C29H44O4. The minimum Gasteiger partial charge on any atom is -0.481 e. The van der Waals surface area contributed by atoms with Gasteiger partial charge in [0, 0.05) is 0 Å². The number of carboxylic acid groups (broad SMARTS) is 1. The molecule has 1 N–H and O–H groups in total. The van der Waals surface area contributed by atoms with Crippen molar-refractivity contribution in [1.29, 1.82) is 0 Å². The maximum atomic E-state index is 12.4. The third-order valence-electron chi connectivity index (χ3n) is 12.6. The van der Waals surface area contributed by atoms with Gasteiger partial charge in [0.05, 0.1) is 11.3 Å². The molecule has 4 nitrogen and oxygen atoms in total. The quantitative estimate of drug-likeness (QED) is 0.495. The Labute approximate surface area is 199 Å². The molecule has 184 valence electrons. The third kappa shape index (κ3) is 3.07. The predicted molar refractivity (Wildman–Crippen MR) is 126 cm³/mol. The summed E-state index contributed by atoms with van der Waals surface area (Å²) in [5.74, 6) is 3.31. The molecule has 6 aliphatic rings. The molecule has 6 rings (SSSR count). The maximum absolute atomic E-state index is 12.4. The van der Waals surface area contributed by atoms with Gasteiger partial charge in [-0.05, 0) is 123 Å². The van der Waals surface area contributed by atoms with Crippen LogP contribution in [0, 0.1) is 57.7 Å². The van der Waals surface area contributed by atoms with Crippen molar-refractivity contribution in [2.75, 3.05) is 0 Å². The van der Waals surface area contributed by atoms with E-state index in [-0.39, 0.29) is 18.0 Å². The molecule has 6 saturated carbocycles. The summed E-state index contributed by atoms with van der Waals surface area (Å²) in [5, 5.41) is 10.2. The van der Waals surface area contributed by atoms with E-state index >= 15 is 0 Å². The van der Waals surface area contributed by atoms with Crippen molar-refractivity contribution < 1.29 is 19.4 Å². The summed E-state index contributed by atoms with van der Waals surface area (Å²) >= 11 is 0. The standard InChI is InChI=1S/C29H44O4/c1-17-20-10-14-28(3)21-11-16-29(26(31)32)13-4-5-22(29)19(21)8-9-24(28)27(20,2)15-12-23(17)33-25(30)18-6-7-18/h17-24H,4-16H2,1-3H3,(H,31,32). The SMILES string of the molecule is CC1C(OC(=O)C2CC2)CCC2(C)C1CCC1(C)C3CCC4(C(=O)O)CCCC4C3CCC21. The lowest BCUT2D eigenvalue weighted by atomic mass is 9.37. The second-order valence-corrected chi connectivity index (χ2v) is 13.7. The van der Waals surface area contributed by atoms with E-state index in [2.05, 4.69) is 20.8 Å². The summed E-state index contributed by atoms with van der Waals surface area (Å²) in [5.41, 5.74) is 0.263. The number of hydrogen-bond acceptors (Lipinski definition) is 3. The Kier molecular flexibility index (Phi) is 5.07. The van der Waals surface area contributed by atoms with E-state index in [9.17, 15) is 14.7 Å². The van der Waals surface area contributed by atoms with Crippen LogP contribution in [0.3, 0.4) is 0 Å². The van der Waals surface area contributed by atoms with E-state index in [4.69, 9.17) is 4.74 Å². The van der Waals surface area contributed by atoms with Crippen LogP contribution in [0.5, 0.6) is 0 Å². The van der Waals surface area contributed by atoms with Crippen molar-refractivity contribution >= 4 is 11.9 Å². The van der Waals surface area contributed by atoms with Crippen molar-refractivity contribution in [1.82, 2.24) is 0 Å². The van der Waals surface area contributed by atoms with Crippen LogP contribution in [0.1, 0.15) is 104 Å². The highest BCUT2D eigenvalue weighted by molar-refractivity contribution is 5.76. The molecule has 0 aromatic rings. The van der Waals surface area contributed by atoms with Gasteiger partial charge in [0.15, 0.2) is 0 Å². The lowest BCUT2D eigenvalue weighted by molar-refractivity contribution is -0.204. The third-order valence-corrected chi connectivity index (χ3v) is 12.6. The van der Waals surface area contributed by atoms with Crippen molar-refractivity contribution in [2.24, 2.45) is 57.7 Å². The maximum Gasteiger partial charge on any atom is 0.309 e. The smallest absolute Gasteiger partial charge is 0.309 e. The zero-order chi connectivity index (χ0) is 23.2. The van der Waals surface area contributed by atoms with Gasteiger partial charge in [-0.2, -0.15) is 0 Å². The summed E-state index contributed by atoms with van der Waals surface area (Å²) in [4.78, 5) is 24.8. The molecule has 0 spiro atoms. The van der Waals surface area contributed by atoms with E-state index in [1.165, 1.54) is 32.1 Å². The van der Waals surface area contributed by atoms with Crippen LogP contribution in [0.4, 0.5) is 0 Å². The van der Waals surface area contributed by atoms with Gasteiger partial charge in [0.2, 0.25) is 0 Å². The Morgan fingerprint density at radius 1 is 0.788 bits per heavy atom. The summed E-state index contributed by atoms with van der Waals surface area (Å²) in [6, 6.07) is 0. The summed E-state index contributed by atoms with van der Waals surface area (Å²) in [6.45, 7) is 7.54. The van der Waals surface area contributed by atoms with Crippen LogP contribution in [0.25, 0.3) is 0 Å². The molecule has 0 radical (unpaired) electrons. The molecule has 33 heavy (non-hydrogen) atoms. The van der Waals surface area contributed by atoms with Crippen molar-refractivity contribution in [3.8, 4) is 0 Å². The van der Waals surface area contributed by atoms with E-state index in [1.807, 2.05) is 0 Å². The molecule has 0 aliphatic heterocycles. The van der Waals surface area contributed by atoms with E-state index in [0.29, 0.717) is 40.4 Å². The lowest BCUT2D eigenvalue weighted by Gasteiger charge is -2.67. The van der Waals surface area contributed by atoms with Crippen molar-refractivity contribution in [2.45, 2.75) is 110 Å². The minimum absolute atomic E-state index is 0.0669. The molecule has 0 aromatic carbocycles. The van der Waals surface area contributed by atoms with Crippen molar-refractivity contribution in [3.05, 3.63) is 0 Å². The van der Waals surface area contributed by atoms with Gasteiger partial charge in [-0.1, -0.05) is 27.2 Å². The second-order valence-electron chi connectivity index (χ2n) is 13.7. The first kappa shape index (κ1) is 22.4. The van der Waals surface area contributed by atoms with Crippen LogP contribution >= 0.6 is 0 Å². The highest BCUT2D eigenvalue weighted by atomic mass is 16.5. The summed E-state index contributed by atoms with van der Waals surface area (Å²) < 4.78 is 6.05. The molecule has 0 aromatic heterocycles. The van der Waals surface area contributed by atoms with E-state index in [1.54, 1.807) is 0 Å². The number of rotatable bonds is 3. The molecule has 0 heterocycles. The second kappa shape index (κ2) is 7.47. The molecule has 6 aliphatic carbocycles. The summed E-state index contributed by atoms with van der Waals surface area (Å²) in [7, 11) is 0. The minimum atomic E-state index is -0.501. The lowest BCUT2D eigenvalue weighted by Crippen LogP contribution is -2.61. The molecule has 10 unspecified atom stereocenters. The van der Waals surface area contributed by atoms with Crippen molar-refractivity contribution in [3.63, 3.8) is 0 Å². The largest absolute Gasteiger partial charge is 0.481 e. The number of carbonyl (C=O) groups is 2.